The number of aliphatic hydroxyl groups excluding tert-OH is 2. The first kappa shape index (κ1) is 23.8. The molecule has 0 aromatic heterocycles. The first-order valence-electron chi connectivity index (χ1n) is 8.99. The first-order valence-corrected chi connectivity index (χ1v) is 13.1. The summed E-state index contributed by atoms with van der Waals surface area (Å²) in [6, 6.07) is 9.78. The van der Waals surface area contributed by atoms with Gasteiger partial charge in [-0.3, -0.25) is 0 Å². The van der Waals surface area contributed by atoms with E-state index in [1.165, 1.54) is 0 Å². The summed E-state index contributed by atoms with van der Waals surface area (Å²) < 4.78 is 13.8. The van der Waals surface area contributed by atoms with Gasteiger partial charge in [-0.25, -0.2) is 0 Å². The lowest BCUT2D eigenvalue weighted by Gasteiger charge is -2.39. The van der Waals surface area contributed by atoms with E-state index in [4.69, 9.17) is 9.16 Å². The van der Waals surface area contributed by atoms with Crippen LogP contribution in [-0.2, 0) is 15.8 Å². The van der Waals surface area contributed by atoms with Gasteiger partial charge in [0, 0.05) is 6.42 Å². The van der Waals surface area contributed by atoms with Crippen LogP contribution in [0.3, 0.4) is 0 Å². The van der Waals surface area contributed by atoms with E-state index in [0.717, 1.165) is 5.56 Å². The van der Waals surface area contributed by atoms with Crippen LogP contribution < -0.4 is 0 Å². The zero-order valence-corrected chi connectivity index (χ0v) is 19.6. The molecule has 1 aromatic rings. The van der Waals surface area contributed by atoms with E-state index in [-0.39, 0.29) is 17.7 Å². The van der Waals surface area contributed by atoms with Crippen molar-refractivity contribution in [3.63, 3.8) is 0 Å². The molecule has 0 fully saturated rings. The van der Waals surface area contributed by atoms with E-state index in [0.29, 0.717) is 13.0 Å². The van der Waals surface area contributed by atoms with E-state index in [1.54, 1.807) is 0 Å². The van der Waals surface area contributed by atoms with Crippen LogP contribution in [0.25, 0.3) is 0 Å². The van der Waals surface area contributed by atoms with Crippen molar-refractivity contribution in [1.29, 1.82) is 0 Å². The SMILES string of the molecule is CC(C)(C)[Si](C)(C)O[C@@H](/C=C\I)C[C@@H](O)[C@H](O)COCc1ccccc1. The third-order valence-corrected chi connectivity index (χ3v) is 9.78. The third kappa shape index (κ3) is 8.18. The van der Waals surface area contributed by atoms with Gasteiger partial charge in [0.05, 0.1) is 25.4 Å². The number of halogens is 1. The topological polar surface area (TPSA) is 58.9 Å². The number of ether oxygens (including phenoxy) is 1. The highest BCUT2D eigenvalue weighted by Gasteiger charge is 2.39. The van der Waals surface area contributed by atoms with Crippen LogP contribution in [0.1, 0.15) is 32.8 Å². The van der Waals surface area contributed by atoms with Crippen molar-refractivity contribution in [3.8, 4) is 0 Å². The van der Waals surface area contributed by atoms with E-state index >= 15 is 0 Å². The van der Waals surface area contributed by atoms with E-state index < -0.39 is 20.5 Å². The minimum atomic E-state index is -1.95. The van der Waals surface area contributed by atoms with E-state index in [2.05, 4.69) is 56.5 Å². The third-order valence-electron chi connectivity index (χ3n) is 4.86. The molecule has 0 radical (unpaired) electrons. The molecule has 0 unspecified atom stereocenters. The molecular formula is C20H33IO4Si. The summed E-state index contributed by atoms with van der Waals surface area (Å²) >= 11 is 2.15. The summed E-state index contributed by atoms with van der Waals surface area (Å²) in [4.78, 5) is 0. The largest absolute Gasteiger partial charge is 0.410 e. The summed E-state index contributed by atoms with van der Waals surface area (Å²) in [6.07, 6.45) is 0.246. The van der Waals surface area contributed by atoms with Crippen molar-refractivity contribution in [2.24, 2.45) is 0 Å². The fourth-order valence-corrected chi connectivity index (χ4v) is 3.93. The molecule has 0 aliphatic rings. The van der Waals surface area contributed by atoms with Gasteiger partial charge in [-0.2, -0.15) is 0 Å². The zero-order valence-electron chi connectivity index (χ0n) is 16.5. The predicted octanol–water partition coefficient (Wildman–Crippen LogP) is 4.65. The van der Waals surface area contributed by atoms with Gasteiger partial charge in [0.25, 0.3) is 0 Å². The van der Waals surface area contributed by atoms with Crippen molar-refractivity contribution >= 4 is 30.9 Å². The Morgan fingerprint density at radius 1 is 1.12 bits per heavy atom. The fourth-order valence-electron chi connectivity index (χ4n) is 2.18. The molecule has 0 saturated carbocycles. The fraction of sp³-hybridized carbons (Fsp3) is 0.600. The maximum atomic E-state index is 10.4. The van der Waals surface area contributed by atoms with Crippen LogP contribution in [0, 0.1) is 0 Å². The first-order chi connectivity index (χ1) is 12.1. The zero-order chi connectivity index (χ0) is 19.8. The van der Waals surface area contributed by atoms with Gasteiger partial charge in [-0.15, -0.1) is 0 Å². The van der Waals surface area contributed by atoms with Gasteiger partial charge in [-0.05, 0) is 27.8 Å². The minimum Gasteiger partial charge on any atom is -0.410 e. The van der Waals surface area contributed by atoms with E-state index in [9.17, 15) is 10.2 Å². The van der Waals surface area contributed by atoms with Crippen molar-refractivity contribution < 1.29 is 19.4 Å². The van der Waals surface area contributed by atoms with Crippen molar-refractivity contribution in [2.75, 3.05) is 6.61 Å². The van der Waals surface area contributed by atoms with Crippen LogP contribution in [0.15, 0.2) is 40.5 Å². The Morgan fingerprint density at radius 3 is 2.27 bits per heavy atom. The Bertz CT molecular complexity index is 542. The average Bonchev–Trinajstić information content (AvgIpc) is 2.54. The van der Waals surface area contributed by atoms with Crippen LogP contribution in [0.4, 0.5) is 0 Å². The molecule has 1 rings (SSSR count). The van der Waals surface area contributed by atoms with Crippen molar-refractivity contribution in [3.05, 3.63) is 46.1 Å². The Kier molecular flexibility index (Phi) is 9.99. The average molecular weight is 492 g/mol. The molecule has 6 heteroatoms. The molecule has 1 aromatic carbocycles. The van der Waals surface area contributed by atoms with Gasteiger partial charge in [0.1, 0.15) is 6.10 Å². The summed E-state index contributed by atoms with van der Waals surface area (Å²) in [6.45, 7) is 11.4. The number of aliphatic hydroxyl groups is 2. The highest BCUT2D eigenvalue weighted by Crippen LogP contribution is 2.38. The lowest BCUT2D eigenvalue weighted by molar-refractivity contribution is -0.0529. The summed E-state index contributed by atoms with van der Waals surface area (Å²) in [5.74, 6) is 0. The van der Waals surface area contributed by atoms with Gasteiger partial charge in [0.2, 0.25) is 0 Å². The van der Waals surface area contributed by atoms with Crippen molar-refractivity contribution in [2.45, 2.75) is 70.2 Å². The summed E-state index contributed by atoms with van der Waals surface area (Å²) in [7, 11) is -1.95. The molecular weight excluding hydrogens is 459 g/mol. The molecule has 2 N–H and O–H groups in total. The molecule has 0 bridgehead atoms. The molecule has 3 atom stereocenters. The van der Waals surface area contributed by atoms with Crippen LogP contribution in [0.5, 0.6) is 0 Å². The second-order valence-corrected chi connectivity index (χ2v) is 13.6. The van der Waals surface area contributed by atoms with Gasteiger partial charge < -0.3 is 19.4 Å². The standard InChI is InChI=1S/C20H33IO4Si/c1-20(2,3)26(4,5)25-17(11-12-21)13-18(22)19(23)15-24-14-16-9-7-6-8-10-16/h6-12,17-19,22-23H,13-15H2,1-5H3/b12-11-/t17-,18+,19+/m0/s1. The molecule has 26 heavy (non-hydrogen) atoms. The normalized spacial score (nSPS) is 16.6. The maximum absolute atomic E-state index is 10.4. The lowest BCUT2D eigenvalue weighted by Crippen LogP contribution is -2.45. The van der Waals surface area contributed by atoms with Gasteiger partial charge in [0.15, 0.2) is 8.32 Å². The molecule has 0 heterocycles. The highest BCUT2D eigenvalue weighted by molar-refractivity contribution is 14.1. The molecule has 148 valence electrons. The molecule has 0 aliphatic heterocycles. The second kappa shape index (κ2) is 10.9. The molecule has 0 saturated heterocycles. The summed E-state index contributed by atoms with van der Waals surface area (Å²) in [5.41, 5.74) is 1.04. The molecule has 0 amide bonds. The number of hydrogen-bond donors (Lipinski definition) is 2. The molecule has 4 nitrogen and oxygen atoms in total. The van der Waals surface area contributed by atoms with Crippen LogP contribution >= 0.6 is 22.6 Å². The van der Waals surface area contributed by atoms with Gasteiger partial charge in [-0.1, -0.05) is 79.8 Å². The predicted molar refractivity (Wildman–Crippen MR) is 118 cm³/mol. The van der Waals surface area contributed by atoms with Crippen LogP contribution in [0.2, 0.25) is 18.1 Å². The highest BCUT2D eigenvalue weighted by atomic mass is 127. The van der Waals surface area contributed by atoms with E-state index in [1.807, 2.05) is 40.5 Å². The monoisotopic (exact) mass is 492 g/mol. The number of hydrogen-bond acceptors (Lipinski definition) is 4. The van der Waals surface area contributed by atoms with Crippen molar-refractivity contribution in [1.82, 2.24) is 0 Å². The minimum absolute atomic E-state index is 0.0900. The quantitative estimate of drug-likeness (QED) is 0.369. The lowest BCUT2D eigenvalue weighted by atomic mass is 10.1. The second-order valence-electron chi connectivity index (χ2n) is 8.11. The smallest absolute Gasteiger partial charge is 0.192 e. The Labute approximate surface area is 172 Å². The Morgan fingerprint density at radius 2 is 1.73 bits per heavy atom. The number of benzene rings is 1. The summed E-state index contributed by atoms with van der Waals surface area (Å²) in [5, 5.41) is 20.7. The Hall–Kier alpha value is -0.253. The van der Waals surface area contributed by atoms with Gasteiger partial charge >= 0.3 is 0 Å². The Balaban J connectivity index is 2.53. The number of rotatable bonds is 10. The molecule has 0 aliphatic carbocycles. The maximum Gasteiger partial charge on any atom is 0.192 e. The van der Waals surface area contributed by atoms with Crippen LogP contribution in [-0.4, -0.2) is 43.4 Å². The molecule has 0 spiro atoms.